The van der Waals surface area contributed by atoms with Gasteiger partial charge >= 0.3 is 0 Å². The van der Waals surface area contributed by atoms with Crippen molar-refractivity contribution in [3.8, 4) is 0 Å². The molecule has 1 heterocycles. The first-order chi connectivity index (χ1) is 8.18. The quantitative estimate of drug-likeness (QED) is 0.761. The lowest BCUT2D eigenvalue weighted by Crippen LogP contribution is -2.61. The topological polar surface area (TPSA) is 49.6 Å². The van der Waals surface area contributed by atoms with E-state index < -0.39 is 0 Å². The summed E-state index contributed by atoms with van der Waals surface area (Å²) < 4.78 is 0. The fourth-order valence-electron chi connectivity index (χ4n) is 2.04. The third-order valence-corrected chi connectivity index (χ3v) is 3.16. The zero-order valence-electron chi connectivity index (χ0n) is 10.2. The van der Waals surface area contributed by atoms with E-state index in [1.165, 1.54) is 5.69 Å². The fourth-order valence-corrected chi connectivity index (χ4v) is 2.04. The van der Waals surface area contributed by atoms with Crippen molar-refractivity contribution in [1.29, 1.82) is 0 Å². The van der Waals surface area contributed by atoms with E-state index in [-0.39, 0.29) is 11.9 Å². The van der Waals surface area contributed by atoms with E-state index in [1.54, 1.807) is 0 Å². The molecule has 1 unspecified atom stereocenters. The van der Waals surface area contributed by atoms with Gasteiger partial charge < -0.3 is 15.5 Å². The number of hydrogen-bond donors (Lipinski definition) is 1. The molecule has 0 radical (unpaired) electrons. The highest BCUT2D eigenvalue weighted by molar-refractivity contribution is 5.87. The smallest absolute Gasteiger partial charge is 0.241 e. The summed E-state index contributed by atoms with van der Waals surface area (Å²) in [6.07, 6.45) is 0.976. The SMILES string of the molecule is CN(CCCN1CC(N)C1=O)c1ccccc1. The molecule has 4 heteroatoms. The molecule has 1 aliphatic rings. The second kappa shape index (κ2) is 5.19. The average molecular weight is 233 g/mol. The summed E-state index contributed by atoms with van der Waals surface area (Å²) in [6.45, 7) is 2.47. The molecule has 1 aromatic carbocycles. The lowest BCUT2D eigenvalue weighted by atomic mass is 10.1. The van der Waals surface area contributed by atoms with Crippen LogP contribution in [0, 0.1) is 0 Å². The molecule has 1 amide bonds. The van der Waals surface area contributed by atoms with Crippen molar-refractivity contribution in [3.05, 3.63) is 30.3 Å². The second-order valence-corrected chi connectivity index (χ2v) is 4.50. The van der Waals surface area contributed by atoms with Crippen LogP contribution in [-0.4, -0.2) is 43.5 Å². The minimum Gasteiger partial charge on any atom is -0.375 e. The molecule has 0 spiro atoms. The highest BCUT2D eigenvalue weighted by Gasteiger charge is 2.32. The number of β-lactam (4-membered cyclic amide) rings is 1. The Hall–Kier alpha value is -1.55. The Balaban J connectivity index is 1.71. The van der Waals surface area contributed by atoms with Crippen LogP contribution in [0.2, 0.25) is 0 Å². The maximum atomic E-state index is 11.3. The monoisotopic (exact) mass is 233 g/mol. The largest absolute Gasteiger partial charge is 0.375 e. The standard InChI is InChI=1S/C13H19N3O/c1-15(11-6-3-2-4-7-11)8-5-9-16-10-12(14)13(16)17/h2-4,6-7,12H,5,8-10,14H2,1H3. The number of nitrogens with zero attached hydrogens (tertiary/aromatic N) is 2. The Morgan fingerprint density at radius 2 is 2.12 bits per heavy atom. The number of nitrogens with two attached hydrogens (primary N) is 1. The molecule has 1 atom stereocenters. The molecule has 0 saturated carbocycles. The highest BCUT2D eigenvalue weighted by atomic mass is 16.2. The summed E-state index contributed by atoms with van der Waals surface area (Å²) in [5.41, 5.74) is 6.74. The Morgan fingerprint density at radius 3 is 2.71 bits per heavy atom. The Bertz CT molecular complexity index is 380. The summed E-state index contributed by atoms with van der Waals surface area (Å²) in [7, 11) is 2.07. The van der Waals surface area contributed by atoms with Crippen LogP contribution in [0.4, 0.5) is 5.69 Å². The molecule has 0 aromatic heterocycles. The van der Waals surface area contributed by atoms with Gasteiger partial charge in [-0.25, -0.2) is 0 Å². The van der Waals surface area contributed by atoms with Crippen molar-refractivity contribution in [2.24, 2.45) is 5.73 Å². The lowest BCUT2D eigenvalue weighted by Gasteiger charge is -2.36. The summed E-state index contributed by atoms with van der Waals surface area (Å²) in [5, 5.41) is 0. The highest BCUT2D eigenvalue weighted by Crippen LogP contribution is 2.12. The Labute approximate surface area is 102 Å². The normalized spacial score (nSPS) is 19.1. The third-order valence-electron chi connectivity index (χ3n) is 3.16. The molecule has 17 heavy (non-hydrogen) atoms. The average Bonchev–Trinajstić information content (AvgIpc) is 2.38. The van der Waals surface area contributed by atoms with Crippen LogP contribution < -0.4 is 10.6 Å². The molecule has 1 fully saturated rings. The van der Waals surface area contributed by atoms with Gasteiger partial charge in [0, 0.05) is 32.4 Å². The minimum absolute atomic E-state index is 0.0902. The molecule has 2 rings (SSSR count). The number of rotatable bonds is 5. The molecule has 1 saturated heterocycles. The fraction of sp³-hybridized carbons (Fsp3) is 0.462. The number of benzene rings is 1. The molecule has 1 aromatic rings. The number of likely N-dealkylation sites (tertiary alicyclic amines) is 1. The van der Waals surface area contributed by atoms with Crippen LogP contribution in [0.1, 0.15) is 6.42 Å². The molecular formula is C13H19N3O. The molecule has 92 valence electrons. The van der Waals surface area contributed by atoms with Gasteiger partial charge in [-0.15, -0.1) is 0 Å². The Morgan fingerprint density at radius 1 is 1.41 bits per heavy atom. The first kappa shape index (κ1) is 11.9. The number of hydrogen-bond acceptors (Lipinski definition) is 3. The molecule has 0 bridgehead atoms. The second-order valence-electron chi connectivity index (χ2n) is 4.50. The molecule has 1 aliphatic heterocycles. The first-order valence-electron chi connectivity index (χ1n) is 5.99. The van der Waals surface area contributed by atoms with Gasteiger partial charge in [-0.1, -0.05) is 18.2 Å². The molecule has 0 aliphatic carbocycles. The zero-order valence-corrected chi connectivity index (χ0v) is 10.2. The van der Waals surface area contributed by atoms with Crippen LogP contribution in [0.3, 0.4) is 0 Å². The predicted molar refractivity (Wildman–Crippen MR) is 68.9 cm³/mol. The van der Waals surface area contributed by atoms with Crippen molar-refractivity contribution in [2.75, 3.05) is 31.6 Å². The van der Waals surface area contributed by atoms with Crippen molar-refractivity contribution in [3.63, 3.8) is 0 Å². The zero-order chi connectivity index (χ0) is 12.3. The maximum Gasteiger partial charge on any atom is 0.241 e. The maximum absolute atomic E-state index is 11.3. The summed E-state index contributed by atoms with van der Waals surface area (Å²) in [6, 6.07) is 10.0. The van der Waals surface area contributed by atoms with E-state index in [2.05, 4.69) is 24.1 Å². The van der Waals surface area contributed by atoms with Gasteiger partial charge in [0.05, 0.1) is 0 Å². The van der Waals surface area contributed by atoms with Gasteiger partial charge in [0.15, 0.2) is 0 Å². The van der Waals surface area contributed by atoms with Crippen LogP contribution in [0.25, 0.3) is 0 Å². The first-order valence-corrected chi connectivity index (χ1v) is 5.99. The van der Waals surface area contributed by atoms with Crippen molar-refractivity contribution < 1.29 is 4.79 Å². The van der Waals surface area contributed by atoms with Gasteiger partial charge in [0.25, 0.3) is 0 Å². The van der Waals surface area contributed by atoms with Crippen LogP contribution in [0.5, 0.6) is 0 Å². The molecule has 4 nitrogen and oxygen atoms in total. The number of para-hydroxylation sites is 1. The summed E-state index contributed by atoms with van der Waals surface area (Å²) >= 11 is 0. The van der Waals surface area contributed by atoms with E-state index in [1.807, 2.05) is 23.1 Å². The van der Waals surface area contributed by atoms with Gasteiger partial charge in [-0.2, -0.15) is 0 Å². The van der Waals surface area contributed by atoms with E-state index in [0.717, 1.165) is 19.5 Å². The third kappa shape index (κ3) is 2.77. The predicted octanol–water partition coefficient (Wildman–Crippen LogP) is 0.682. The number of carbonyl (C=O) groups is 1. The van der Waals surface area contributed by atoms with Crippen molar-refractivity contribution in [2.45, 2.75) is 12.5 Å². The van der Waals surface area contributed by atoms with Gasteiger partial charge in [-0.3, -0.25) is 4.79 Å². The summed E-state index contributed by atoms with van der Waals surface area (Å²) in [4.78, 5) is 15.3. The number of amides is 1. The van der Waals surface area contributed by atoms with Gasteiger partial charge in [-0.05, 0) is 18.6 Å². The van der Waals surface area contributed by atoms with Gasteiger partial charge in [0.1, 0.15) is 6.04 Å². The number of carbonyl (C=O) groups excluding carboxylic acids is 1. The van der Waals surface area contributed by atoms with Crippen LogP contribution >= 0.6 is 0 Å². The molecular weight excluding hydrogens is 214 g/mol. The van der Waals surface area contributed by atoms with Gasteiger partial charge in [0.2, 0.25) is 5.91 Å². The van der Waals surface area contributed by atoms with E-state index >= 15 is 0 Å². The van der Waals surface area contributed by atoms with E-state index in [4.69, 9.17) is 5.73 Å². The summed E-state index contributed by atoms with van der Waals surface area (Å²) in [5.74, 6) is 0.0902. The molecule has 2 N–H and O–H groups in total. The van der Waals surface area contributed by atoms with Crippen LogP contribution in [-0.2, 0) is 4.79 Å². The minimum atomic E-state index is -0.248. The lowest BCUT2D eigenvalue weighted by molar-refractivity contribution is -0.142. The Kier molecular flexibility index (Phi) is 3.64. The van der Waals surface area contributed by atoms with Crippen molar-refractivity contribution >= 4 is 11.6 Å². The van der Waals surface area contributed by atoms with Crippen molar-refractivity contribution in [1.82, 2.24) is 4.90 Å². The van der Waals surface area contributed by atoms with E-state index in [0.29, 0.717) is 6.54 Å². The number of anilines is 1. The van der Waals surface area contributed by atoms with Crippen LogP contribution in [0.15, 0.2) is 30.3 Å². The van der Waals surface area contributed by atoms with E-state index in [9.17, 15) is 4.79 Å².